The van der Waals surface area contributed by atoms with Gasteiger partial charge in [-0.05, 0) is 47.4 Å². The average molecular weight is 397 g/mol. The van der Waals surface area contributed by atoms with Crippen LogP contribution < -0.4 is 10.7 Å². The summed E-state index contributed by atoms with van der Waals surface area (Å²) in [6.45, 7) is 0.418. The first kappa shape index (κ1) is 17.9. The van der Waals surface area contributed by atoms with Crippen LogP contribution in [0.2, 0.25) is 5.02 Å². The number of rotatable bonds is 3. The molecule has 0 amide bonds. The molecule has 0 spiro atoms. The number of halogens is 1. The molecule has 0 radical (unpaired) electrons. The number of aromatic carboxylic acids is 1. The van der Waals surface area contributed by atoms with Gasteiger partial charge in [-0.25, -0.2) is 4.98 Å². The van der Waals surface area contributed by atoms with Gasteiger partial charge < -0.3 is 9.90 Å². The molecule has 2 heterocycles. The van der Waals surface area contributed by atoms with Crippen molar-refractivity contribution in [2.75, 3.05) is 0 Å². The van der Waals surface area contributed by atoms with Gasteiger partial charge in [-0.2, -0.15) is 0 Å². The molecule has 0 unspecified atom stereocenters. The lowest BCUT2D eigenvalue weighted by atomic mass is 10.1. The maximum absolute atomic E-state index is 12.7. The number of carboxylic acids is 1. The number of hydrogen-bond acceptors (Lipinski definition) is 6. The minimum absolute atomic E-state index is 0.0362. The second kappa shape index (κ2) is 6.58. The van der Waals surface area contributed by atoms with E-state index in [0.717, 1.165) is 5.57 Å². The Morgan fingerprint density at radius 1 is 1.25 bits per heavy atom. The monoisotopic (exact) mass is 396 g/mol. The van der Waals surface area contributed by atoms with Crippen LogP contribution in [0.1, 0.15) is 28.2 Å². The summed E-state index contributed by atoms with van der Waals surface area (Å²) in [5.74, 6) is -0.945. The molecule has 140 valence electrons. The number of carbonyl (C=O) groups is 1. The van der Waals surface area contributed by atoms with Gasteiger partial charge in [-0.15, -0.1) is 0 Å². The number of nitro benzene ring substituents is 1. The van der Waals surface area contributed by atoms with E-state index in [-0.39, 0.29) is 27.3 Å². The fraction of sp³-hybridized carbons (Fsp3) is 0.105. The van der Waals surface area contributed by atoms with Gasteiger partial charge >= 0.3 is 0 Å². The van der Waals surface area contributed by atoms with Crippen LogP contribution in [0.25, 0.3) is 22.6 Å². The Balaban J connectivity index is 1.86. The van der Waals surface area contributed by atoms with E-state index >= 15 is 0 Å². The first-order chi connectivity index (χ1) is 13.3. The number of carbonyl (C=O) groups excluding carboxylic acids is 1. The molecule has 1 aliphatic rings. The Morgan fingerprint density at radius 2 is 2.04 bits per heavy atom. The molecule has 0 aliphatic carbocycles. The summed E-state index contributed by atoms with van der Waals surface area (Å²) in [5.41, 5.74) is 0.979. The van der Waals surface area contributed by atoms with Gasteiger partial charge in [0.05, 0.1) is 21.8 Å². The van der Waals surface area contributed by atoms with Crippen LogP contribution in [-0.4, -0.2) is 20.4 Å². The molecule has 0 atom stereocenters. The van der Waals surface area contributed by atoms with E-state index in [0.29, 0.717) is 29.7 Å². The van der Waals surface area contributed by atoms with E-state index in [1.165, 1.54) is 34.9 Å². The maximum atomic E-state index is 12.7. The molecule has 0 saturated heterocycles. The molecular weight excluding hydrogens is 386 g/mol. The molecule has 9 heteroatoms. The molecule has 8 nitrogen and oxygen atoms in total. The highest BCUT2D eigenvalue weighted by atomic mass is 35.5. The molecule has 4 rings (SSSR count). The third kappa shape index (κ3) is 2.93. The summed E-state index contributed by atoms with van der Waals surface area (Å²) in [5, 5.41) is 22.5. The predicted octanol–water partition coefficient (Wildman–Crippen LogP) is 2.27. The summed E-state index contributed by atoms with van der Waals surface area (Å²) < 4.78 is 1.51. The standard InChI is InChI=1S/C19H12ClN3O5/c20-14-4-1-10(8-16(14)23(27)28)7-11-5-6-22-17(11)21-15-9-12(19(25)26)2-3-13(15)18(22)24/h1-4,7-9H,5-6H2,(H,25,26)/p-1/b11-7+. The molecule has 0 saturated carbocycles. The van der Waals surface area contributed by atoms with Gasteiger partial charge in [-0.3, -0.25) is 19.5 Å². The molecule has 0 fully saturated rings. The van der Waals surface area contributed by atoms with E-state index < -0.39 is 10.9 Å². The molecule has 2 aromatic carbocycles. The van der Waals surface area contributed by atoms with Crippen molar-refractivity contribution in [3.63, 3.8) is 0 Å². The Hall–Kier alpha value is -3.52. The summed E-state index contributed by atoms with van der Waals surface area (Å²) in [7, 11) is 0. The molecule has 3 aromatic rings. The third-order valence-electron chi connectivity index (χ3n) is 4.59. The topological polar surface area (TPSA) is 118 Å². The number of carboxylic acid groups (broad SMARTS) is 1. The van der Waals surface area contributed by atoms with Crippen LogP contribution in [0, 0.1) is 10.1 Å². The predicted molar refractivity (Wildman–Crippen MR) is 101 cm³/mol. The fourth-order valence-electron chi connectivity index (χ4n) is 3.24. The zero-order valence-electron chi connectivity index (χ0n) is 14.2. The molecule has 0 N–H and O–H groups in total. The number of nitro groups is 1. The quantitative estimate of drug-likeness (QED) is 0.495. The van der Waals surface area contributed by atoms with Crippen LogP contribution in [0.15, 0.2) is 41.2 Å². The molecule has 1 aromatic heterocycles. The highest BCUT2D eigenvalue weighted by Crippen LogP contribution is 2.30. The van der Waals surface area contributed by atoms with E-state index in [1.807, 2.05) is 0 Å². The first-order valence-corrected chi connectivity index (χ1v) is 8.64. The van der Waals surface area contributed by atoms with Crippen molar-refractivity contribution in [3.8, 4) is 0 Å². The Kier molecular flexibility index (Phi) is 4.20. The van der Waals surface area contributed by atoms with Gasteiger partial charge in [0, 0.05) is 12.6 Å². The second-order valence-corrected chi connectivity index (χ2v) is 6.71. The summed E-state index contributed by atoms with van der Waals surface area (Å²) in [4.78, 5) is 38.8. The van der Waals surface area contributed by atoms with E-state index in [2.05, 4.69) is 4.98 Å². The van der Waals surface area contributed by atoms with Crippen molar-refractivity contribution in [1.82, 2.24) is 9.55 Å². The van der Waals surface area contributed by atoms with Crippen LogP contribution in [0.5, 0.6) is 0 Å². The average Bonchev–Trinajstić information content (AvgIpc) is 3.05. The largest absolute Gasteiger partial charge is 0.545 e. The van der Waals surface area contributed by atoms with Crippen molar-refractivity contribution in [3.05, 3.63) is 78.8 Å². The van der Waals surface area contributed by atoms with Gasteiger partial charge in [0.2, 0.25) is 0 Å². The Bertz CT molecular complexity index is 1260. The summed E-state index contributed by atoms with van der Waals surface area (Å²) in [6.07, 6.45) is 2.23. The molecular formula is C19H11ClN3O5-. The maximum Gasteiger partial charge on any atom is 0.288 e. The van der Waals surface area contributed by atoms with E-state index in [4.69, 9.17) is 11.6 Å². The van der Waals surface area contributed by atoms with Crippen molar-refractivity contribution in [2.45, 2.75) is 13.0 Å². The second-order valence-electron chi connectivity index (χ2n) is 6.30. The summed E-state index contributed by atoms with van der Waals surface area (Å²) >= 11 is 5.84. The zero-order chi connectivity index (χ0) is 20.0. The highest BCUT2D eigenvalue weighted by Gasteiger charge is 2.21. The van der Waals surface area contributed by atoms with E-state index in [1.54, 1.807) is 12.1 Å². The van der Waals surface area contributed by atoms with Crippen molar-refractivity contribution in [2.24, 2.45) is 0 Å². The zero-order valence-corrected chi connectivity index (χ0v) is 15.0. The number of hydrogen-bond donors (Lipinski definition) is 0. The third-order valence-corrected chi connectivity index (χ3v) is 4.91. The van der Waals surface area contributed by atoms with Gasteiger partial charge in [-0.1, -0.05) is 23.7 Å². The lowest BCUT2D eigenvalue weighted by Gasteiger charge is -2.08. The molecule has 28 heavy (non-hydrogen) atoms. The summed E-state index contributed by atoms with van der Waals surface area (Å²) in [6, 6.07) is 8.47. The fourth-order valence-corrected chi connectivity index (χ4v) is 3.43. The lowest BCUT2D eigenvalue weighted by Crippen LogP contribution is -2.23. The van der Waals surface area contributed by atoms with Gasteiger partial charge in [0.1, 0.15) is 10.8 Å². The van der Waals surface area contributed by atoms with Crippen LogP contribution in [-0.2, 0) is 6.54 Å². The van der Waals surface area contributed by atoms with E-state index in [9.17, 15) is 24.8 Å². The van der Waals surface area contributed by atoms with Crippen molar-refractivity contribution in [1.29, 1.82) is 0 Å². The number of aromatic nitrogens is 2. The van der Waals surface area contributed by atoms with Crippen LogP contribution >= 0.6 is 11.6 Å². The molecule has 0 bridgehead atoms. The minimum Gasteiger partial charge on any atom is -0.545 e. The normalized spacial score (nSPS) is 14.4. The SMILES string of the molecule is O=C([O-])c1ccc2c(=O)n3c(nc2c1)/C(=C/c1ccc(Cl)c([N+](=O)[O-])c1)CC3. The van der Waals surface area contributed by atoms with Crippen LogP contribution in [0.4, 0.5) is 5.69 Å². The minimum atomic E-state index is -1.35. The number of fused-ring (bicyclic) bond motifs is 2. The first-order valence-electron chi connectivity index (χ1n) is 8.26. The Labute approximate surface area is 162 Å². The van der Waals surface area contributed by atoms with Gasteiger partial charge in [0.15, 0.2) is 0 Å². The Morgan fingerprint density at radius 3 is 2.75 bits per heavy atom. The highest BCUT2D eigenvalue weighted by molar-refractivity contribution is 6.32. The molecule has 1 aliphatic heterocycles. The van der Waals surface area contributed by atoms with Crippen LogP contribution in [0.3, 0.4) is 0 Å². The number of allylic oxidation sites excluding steroid dienone is 1. The number of nitrogens with zero attached hydrogens (tertiary/aromatic N) is 3. The van der Waals surface area contributed by atoms with Crippen molar-refractivity contribution < 1.29 is 14.8 Å². The number of benzene rings is 2. The lowest BCUT2D eigenvalue weighted by molar-refractivity contribution is -0.384. The van der Waals surface area contributed by atoms with Gasteiger partial charge in [0.25, 0.3) is 11.2 Å². The smallest absolute Gasteiger partial charge is 0.288 e. The van der Waals surface area contributed by atoms with Crippen molar-refractivity contribution >= 4 is 45.8 Å².